The minimum absolute atomic E-state index is 0. The van der Waals surface area contributed by atoms with Crippen molar-refractivity contribution in [2.75, 3.05) is 11.1 Å². The van der Waals surface area contributed by atoms with Crippen LogP contribution in [0.1, 0.15) is 83.1 Å². The van der Waals surface area contributed by atoms with E-state index in [1.165, 1.54) is 74.9 Å². The van der Waals surface area contributed by atoms with Gasteiger partial charge in [-0.3, -0.25) is 9.79 Å². The molecule has 0 radical (unpaired) electrons. The van der Waals surface area contributed by atoms with Crippen LogP contribution < -0.4 is 5.32 Å². The zero-order valence-electron chi connectivity index (χ0n) is 20.5. The zero-order valence-corrected chi connectivity index (χ0v) is 22.1. The molecule has 0 spiro atoms. The molecule has 34 heavy (non-hydrogen) atoms. The number of halogens is 1. The lowest BCUT2D eigenvalue weighted by molar-refractivity contribution is -0.116. The highest BCUT2D eigenvalue weighted by Crippen LogP contribution is 2.57. The Kier molecular flexibility index (Phi) is 7.24. The SMILES string of the molecule is CCCCc1ccc(NC(=O)CC2CS/C(=N\C34CC5CC(CC(C5)C3)C4)N2C2CC2)cc1.Cl. The van der Waals surface area contributed by atoms with Crippen molar-refractivity contribution in [2.24, 2.45) is 22.7 Å². The lowest BCUT2D eigenvalue weighted by Crippen LogP contribution is -2.50. The molecule has 4 nitrogen and oxygen atoms in total. The molecule has 6 aliphatic rings. The van der Waals surface area contributed by atoms with Crippen molar-refractivity contribution < 1.29 is 4.79 Å². The Balaban J connectivity index is 0.00000241. The topological polar surface area (TPSA) is 44.7 Å². The lowest BCUT2D eigenvalue weighted by atomic mass is 9.53. The molecule has 186 valence electrons. The predicted octanol–water partition coefficient (Wildman–Crippen LogP) is 6.68. The molecule has 1 aromatic rings. The van der Waals surface area contributed by atoms with E-state index in [1.807, 2.05) is 11.8 Å². The first kappa shape index (κ1) is 24.5. The van der Waals surface area contributed by atoms with E-state index >= 15 is 0 Å². The van der Waals surface area contributed by atoms with Gasteiger partial charge in [0, 0.05) is 29.9 Å². The number of unbranched alkanes of at least 4 members (excludes halogenated alkanes) is 1. The molecule has 0 aromatic heterocycles. The van der Waals surface area contributed by atoms with Gasteiger partial charge in [0.2, 0.25) is 5.91 Å². The third-order valence-electron chi connectivity index (χ3n) is 8.78. The van der Waals surface area contributed by atoms with Gasteiger partial charge in [-0.15, -0.1) is 12.4 Å². The summed E-state index contributed by atoms with van der Waals surface area (Å²) in [4.78, 5) is 21.1. The highest BCUT2D eigenvalue weighted by molar-refractivity contribution is 8.14. The van der Waals surface area contributed by atoms with Crippen LogP contribution in [-0.2, 0) is 11.2 Å². The summed E-state index contributed by atoms with van der Waals surface area (Å²) in [6.07, 6.45) is 15.0. The third-order valence-corrected chi connectivity index (χ3v) is 9.89. The molecule has 1 unspecified atom stereocenters. The molecule has 5 aliphatic carbocycles. The van der Waals surface area contributed by atoms with E-state index in [2.05, 4.69) is 41.4 Å². The quantitative estimate of drug-likeness (QED) is 0.431. The Hall–Kier alpha value is -1.20. The summed E-state index contributed by atoms with van der Waals surface area (Å²) in [7, 11) is 0. The molecular formula is C28H40ClN3OS. The molecule has 1 saturated heterocycles. The predicted molar refractivity (Wildman–Crippen MR) is 145 cm³/mol. The number of thioether (sulfide) groups is 1. The summed E-state index contributed by atoms with van der Waals surface area (Å²) in [5.74, 6) is 3.93. The summed E-state index contributed by atoms with van der Waals surface area (Å²) >= 11 is 1.93. The van der Waals surface area contributed by atoms with Crippen LogP contribution in [-0.4, -0.2) is 39.4 Å². The number of amides is 1. The molecule has 1 heterocycles. The van der Waals surface area contributed by atoms with Crippen molar-refractivity contribution >= 4 is 40.9 Å². The summed E-state index contributed by atoms with van der Waals surface area (Å²) < 4.78 is 0. The van der Waals surface area contributed by atoms with Gasteiger partial charge in [0.15, 0.2) is 5.17 Å². The van der Waals surface area contributed by atoms with Gasteiger partial charge in [-0.1, -0.05) is 37.2 Å². The number of carbonyl (C=O) groups is 1. The molecule has 1 atom stereocenters. The van der Waals surface area contributed by atoms with Crippen molar-refractivity contribution in [3.63, 3.8) is 0 Å². The number of aryl methyl sites for hydroxylation is 1. The number of rotatable bonds is 8. The number of aliphatic imine (C=N–C) groups is 1. The van der Waals surface area contributed by atoms with Gasteiger partial charge < -0.3 is 10.2 Å². The number of amidine groups is 1. The van der Waals surface area contributed by atoms with Gasteiger partial charge in [0.05, 0.1) is 5.54 Å². The fourth-order valence-electron chi connectivity index (χ4n) is 7.50. The van der Waals surface area contributed by atoms with Crippen LogP contribution in [0.15, 0.2) is 29.3 Å². The second-order valence-electron chi connectivity index (χ2n) is 11.7. The summed E-state index contributed by atoms with van der Waals surface area (Å²) in [6, 6.07) is 9.34. The second-order valence-corrected chi connectivity index (χ2v) is 12.7. The van der Waals surface area contributed by atoms with E-state index in [0.29, 0.717) is 18.5 Å². The second kappa shape index (κ2) is 10.0. The highest BCUT2D eigenvalue weighted by atomic mass is 35.5. The van der Waals surface area contributed by atoms with Crippen molar-refractivity contribution in [3.8, 4) is 0 Å². The van der Waals surface area contributed by atoms with E-state index in [4.69, 9.17) is 4.99 Å². The largest absolute Gasteiger partial charge is 0.344 e. The maximum atomic E-state index is 12.9. The molecular weight excluding hydrogens is 462 g/mol. The molecule has 6 heteroatoms. The number of benzene rings is 1. The molecule has 6 fully saturated rings. The highest BCUT2D eigenvalue weighted by Gasteiger charge is 2.52. The molecule has 1 N–H and O–H groups in total. The Morgan fingerprint density at radius 2 is 1.74 bits per heavy atom. The minimum Gasteiger partial charge on any atom is -0.344 e. The van der Waals surface area contributed by atoms with Crippen molar-refractivity contribution in [1.82, 2.24) is 4.90 Å². The smallest absolute Gasteiger partial charge is 0.226 e. The molecule has 4 bridgehead atoms. The summed E-state index contributed by atoms with van der Waals surface area (Å²) in [6.45, 7) is 2.22. The maximum absolute atomic E-state index is 12.9. The first-order chi connectivity index (χ1) is 16.1. The Morgan fingerprint density at radius 3 is 2.32 bits per heavy atom. The Morgan fingerprint density at radius 1 is 1.09 bits per heavy atom. The number of nitrogens with one attached hydrogen (secondary N) is 1. The Labute approximate surface area is 215 Å². The molecule has 1 amide bonds. The van der Waals surface area contributed by atoms with Gasteiger partial charge in [-0.25, -0.2) is 0 Å². The fourth-order valence-corrected chi connectivity index (χ4v) is 8.83. The van der Waals surface area contributed by atoms with E-state index < -0.39 is 0 Å². The van der Waals surface area contributed by atoms with Crippen LogP contribution in [0.2, 0.25) is 0 Å². The van der Waals surface area contributed by atoms with Crippen molar-refractivity contribution in [1.29, 1.82) is 0 Å². The van der Waals surface area contributed by atoms with Crippen LogP contribution in [0.4, 0.5) is 5.69 Å². The average Bonchev–Trinajstić information content (AvgIpc) is 3.54. The third kappa shape index (κ3) is 5.16. The van der Waals surface area contributed by atoms with Gasteiger partial charge >= 0.3 is 0 Å². The first-order valence-corrected chi connectivity index (χ1v) is 14.5. The molecule has 5 saturated carbocycles. The van der Waals surface area contributed by atoms with E-state index in [1.54, 1.807) is 0 Å². The van der Waals surface area contributed by atoms with Crippen LogP contribution in [0.25, 0.3) is 0 Å². The number of nitrogens with zero attached hydrogens (tertiary/aromatic N) is 2. The summed E-state index contributed by atoms with van der Waals surface area (Å²) in [5, 5.41) is 4.43. The van der Waals surface area contributed by atoms with Crippen molar-refractivity contribution in [2.45, 2.75) is 102 Å². The molecule has 7 rings (SSSR count). The monoisotopic (exact) mass is 501 g/mol. The van der Waals surface area contributed by atoms with E-state index in [0.717, 1.165) is 35.6 Å². The number of anilines is 1. The lowest BCUT2D eigenvalue weighted by Gasteiger charge is -2.55. The Bertz CT molecular complexity index is 877. The van der Waals surface area contributed by atoms with Crippen LogP contribution in [0.5, 0.6) is 0 Å². The van der Waals surface area contributed by atoms with Crippen LogP contribution in [0.3, 0.4) is 0 Å². The maximum Gasteiger partial charge on any atom is 0.226 e. The van der Waals surface area contributed by atoms with Gasteiger partial charge in [-0.2, -0.15) is 0 Å². The van der Waals surface area contributed by atoms with E-state index in [-0.39, 0.29) is 23.9 Å². The normalized spacial score (nSPS) is 35.0. The number of hydrogen-bond acceptors (Lipinski definition) is 3. The van der Waals surface area contributed by atoms with Crippen LogP contribution in [0, 0.1) is 17.8 Å². The van der Waals surface area contributed by atoms with Gasteiger partial charge in [0.1, 0.15) is 0 Å². The van der Waals surface area contributed by atoms with Crippen molar-refractivity contribution in [3.05, 3.63) is 29.8 Å². The van der Waals surface area contributed by atoms with Gasteiger partial charge in [0.25, 0.3) is 0 Å². The number of carbonyl (C=O) groups excluding carboxylic acids is 1. The molecule has 1 aromatic carbocycles. The van der Waals surface area contributed by atoms with Gasteiger partial charge in [-0.05, 0) is 99.7 Å². The standard InChI is InChI=1S/C28H39N3OS.ClH/c1-2-3-4-19-5-7-23(8-6-19)29-26(32)14-25-18-33-27(31(25)24-9-10-24)30-28-15-20-11-21(16-28)13-22(12-20)17-28;/h5-8,20-22,24-25H,2-4,9-18H2,1H3,(H,29,32);1H/b30-27-;. The fraction of sp³-hybridized carbons (Fsp3) is 0.714. The molecule has 1 aliphatic heterocycles. The van der Waals surface area contributed by atoms with Crippen LogP contribution >= 0.6 is 24.2 Å². The van der Waals surface area contributed by atoms with E-state index in [9.17, 15) is 4.79 Å². The number of hydrogen-bond donors (Lipinski definition) is 1. The first-order valence-electron chi connectivity index (χ1n) is 13.5. The summed E-state index contributed by atoms with van der Waals surface area (Å²) in [5.41, 5.74) is 2.50. The average molecular weight is 502 g/mol. The zero-order chi connectivity index (χ0) is 22.4. The minimum atomic E-state index is 0.